The average molecular weight is 252 g/mol. The second kappa shape index (κ2) is 3.85. The SMILES string of the molecule is CS(=O)(=O)c1ccc2nc(CC#N)sc2c1. The number of sulfone groups is 1. The van der Waals surface area contributed by atoms with Crippen molar-refractivity contribution in [2.75, 3.05) is 6.26 Å². The normalized spacial score (nSPS) is 11.5. The van der Waals surface area contributed by atoms with Crippen LogP contribution in [0.2, 0.25) is 0 Å². The molecule has 6 heteroatoms. The van der Waals surface area contributed by atoms with Crippen LogP contribution >= 0.6 is 11.3 Å². The monoisotopic (exact) mass is 252 g/mol. The van der Waals surface area contributed by atoms with Gasteiger partial charge < -0.3 is 0 Å². The van der Waals surface area contributed by atoms with Crippen LogP contribution in [0.4, 0.5) is 0 Å². The van der Waals surface area contributed by atoms with Crippen molar-refractivity contribution in [1.82, 2.24) is 4.98 Å². The lowest BCUT2D eigenvalue weighted by Gasteiger charge is -1.96. The van der Waals surface area contributed by atoms with Gasteiger partial charge in [0.15, 0.2) is 9.84 Å². The molecule has 0 atom stereocenters. The van der Waals surface area contributed by atoms with E-state index in [4.69, 9.17) is 5.26 Å². The van der Waals surface area contributed by atoms with Crippen molar-refractivity contribution < 1.29 is 8.42 Å². The molecule has 2 rings (SSSR count). The highest BCUT2D eigenvalue weighted by Crippen LogP contribution is 2.25. The molecule has 0 unspecified atom stereocenters. The predicted octanol–water partition coefficient (Wildman–Crippen LogP) is 1.77. The van der Waals surface area contributed by atoms with E-state index in [1.165, 1.54) is 23.7 Å². The van der Waals surface area contributed by atoms with Gasteiger partial charge in [0.1, 0.15) is 5.01 Å². The van der Waals surface area contributed by atoms with Crippen LogP contribution in [0.3, 0.4) is 0 Å². The maximum atomic E-state index is 11.3. The molecule has 0 spiro atoms. The van der Waals surface area contributed by atoms with Crippen LogP contribution in [0, 0.1) is 11.3 Å². The van der Waals surface area contributed by atoms with Gasteiger partial charge in [-0.3, -0.25) is 0 Å². The summed E-state index contributed by atoms with van der Waals surface area (Å²) in [5.41, 5.74) is 0.739. The zero-order valence-electron chi connectivity index (χ0n) is 8.47. The van der Waals surface area contributed by atoms with Crippen LogP contribution in [0.25, 0.3) is 10.2 Å². The summed E-state index contributed by atoms with van der Waals surface area (Å²) in [5.74, 6) is 0. The molecule has 0 radical (unpaired) electrons. The van der Waals surface area contributed by atoms with E-state index < -0.39 is 9.84 Å². The first-order chi connectivity index (χ1) is 7.50. The zero-order valence-corrected chi connectivity index (χ0v) is 10.1. The molecule has 1 aromatic carbocycles. The highest BCUT2D eigenvalue weighted by atomic mass is 32.2. The second-order valence-corrected chi connectivity index (χ2v) is 6.48. The topological polar surface area (TPSA) is 70.8 Å². The third kappa shape index (κ3) is 2.05. The Labute approximate surface area is 97.1 Å². The molecule has 0 bridgehead atoms. The molecule has 0 aliphatic heterocycles. The Hall–Kier alpha value is -1.45. The van der Waals surface area contributed by atoms with Gasteiger partial charge in [0, 0.05) is 6.26 Å². The van der Waals surface area contributed by atoms with Gasteiger partial charge in [-0.25, -0.2) is 13.4 Å². The Bertz CT molecular complexity index is 680. The molecule has 0 fully saturated rings. The fourth-order valence-corrected chi connectivity index (χ4v) is 2.99. The third-order valence-corrected chi connectivity index (χ3v) is 4.19. The first kappa shape index (κ1) is 11.0. The molecule has 4 nitrogen and oxygen atoms in total. The summed E-state index contributed by atoms with van der Waals surface area (Å²) in [6.07, 6.45) is 1.43. The minimum absolute atomic E-state index is 0.257. The van der Waals surface area contributed by atoms with Gasteiger partial charge in [-0.15, -0.1) is 11.3 Å². The minimum atomic E-state index is -3.18. The van der Waals surface area contributed by atoms with Gasteiger partial charge in [-0.1, -0.05) is 0 Å². The van der Waals surface area contributed by atoms with Crippen molar-refractivity contribution in [3.05, 3.63) is 23.2 Å². The van der Waals surface area contributed by atoms with Crippen LogP contribution in [-0.2, 0) is 16.3 Å². The van der Waals surface area contributed by atoms with Crippen molar-refractivity contribution in [3.63, 3.8) is 0 Å². The summed E-state index contributed by atoms with van der Waals surface area (Å²) in [5, 5.41) is 9.26. The Kier molecular flexibility index (Phi) is 2.66. The predicted molar refractivity (Wildman–Crippen MR) is 62.0 cm³/mol. The number of aromatic nitrogens is 1. The minimum Gasteiger partial charge on any atom is -0.240 e. The maximum absolute atomic E-state index is 11.3. The number of hydrogen-bond acceptors (Lipinski definition) is 5. The van der Waals surface area contributed by atoms with Gasteiger partial charge in [-0.05, 0) is 18.2 Å². The zero-order chi connectivity index (χ0) is 11.8. The van der Waals surface area contributed by atoms with E-state index in [0.717, 1.165) is 10.2 Å². The lowest BCUT2D eigenvalue weighted by Crippen LogP contribution is -1.95. The molecule has 1 heterocycles. The summed E-state index contributed by atoms with van der Waals surface area (Å²) >= 11 is 1.35. The molecule has 0 aliphatic rings. The van der Waals surface area contributed by atoms with E-state index in [9.17, 15) is 8.42 Å². The Morgan fingerprint density at radius 3 is 2.88 bits per heavy atom. The number of fused-ring (bicyclic) bond motifs is 1. The molecular weight excluding hydrogens is 244 g/mol. The number of nitriles is 1. The van der Waals surface area contributed by atoms with Crippen LogP contribution in [0.5, 0.6) is 0 Å². The molecule has 0 saturated heterocycles. The number of thiazole rings is 1. The van der Waals surface area contributed by atoms with Crippen LogP contribution in [0.1, 0.15) is 5.01 Å². The summed E-state index contributed by atoms with van der Waals surface area (Å²) in [4.78, 5) is 4.51. The van der Waals surface area contributed by atoms with Gasteiger partial charge in [0.2, 0.25) is 0 Å². The number of nitrogens with zero attached hydrogens (tertiary/aromatic N) is 2. The molecule has 82 valence electrons. The average Bonchev–Trinajstić information content (AvgIpc) is 2.57. The van der Waals surface area contributed by atoms with Crippen molar-refractivity contribution >= 4 is 31.4 Å². The molecule has 1 aromatic heterocycles. The van der Waals surface area contributed by atoms with Crippen molar-refractivity contribution in [2.24, 2.45) is 0 Å². The summed E-state index contributed by atoms with van der Waals surface area (Å²) in [7, 11) is -3.18. The smallest absolute Gasteiger partial charge is 0.175 e. The molecule has 0 aliphatic carbocycles. The van der Waals surface area contributed by atoms with Gasteiger partial charge in [0.25, 0.3) is 0 Å². The highest BCUT2D eigenvalue weighted by Gasteiger charge is 2.10. The van der Waals surface area contributed by atoms with Crippen molar-refractivity contribution in [2.45, 2.75) is 11.3 Å². The van der Waals surface area contributed by atoms with Crippen LogP contribution < -0.4 is 0 Å². The molecule has 0 amide bonds. The lowest BCUT2D eigenvalue weighted by molar-refractivity contribution is 0.602. The lowest BCUT2D eigenvalue weighted by atomic mass is 10.3. The largest absolute Gasteiger partial charge is 0.240 e. The summed E-state index contributed by atoms with van der Waals surface area (Å²) in [6.45, 7) is 0. The van der Waals surface area contributed by atoms with Gasteiger partial charge in [-0.2, -0.15) is 5.26 Å². The number of hydrogen-bond donors (Lipinski definition) is 0. The Balaban J connectivity index is 2.59. The van der Waals surface area contributed by atoms with Crippen molar-refractivity contribution in [3.8, 4) is 6.07 Å². The van der Waals surface area contributed by atoms with Crippen LogP contribution in [-0.4, -0.2) is 19.7 Å². The molecule has 0 saturated carbocycles. The quantitative estimate of drug-likeness (QED) is 0.816. The highest BCUT2D eigenvalue weighted by molar-refractivity contribution is 7.90. The van der Waals surface area contributed by atoms with E-state index in [1.807, 2.05) is 6.07 Å². The number of rotatable bonds is 2. The fraction of sp³-hybridized carbons (Fsp3) is 0.200. The third-order valence-electron chi connectivity index (χ3n) is 2.06. The molecule has 0 N–H and O–H groups in total. The van der Waals surface area contributed by atoms with Gasteiger partial charge >= 0.3 is 0 Å². The fourth-order valence-electron chi connectivity index (χ4n) is 1.33. The van der Waals surface area contributed by atoms with E-state index in [1.54, 1.807) is 12.1 Å². The molecule has 2 aromatic rings. The van der Waals surface area contributed by atoms with Crippen molar-refractivity contribution in [1.29, 1.82) is 5.26 Å². The Morgan fingerprint density at radius 1 is 1.50 bits per heavy atom. The summed E-state index contributed by atoms with van der Waals surface area (Å²) < 4.78 is 23.5. The van der Waals surface area contributed by atoms with E-state index in [-0.39, 0.29) is 11.3 Å². The second-order valence-electron chi connectivity index (χ2n) is 3.34. The van der Waals surface area contributed by atoms with Crippen LogP contribution in [0.15, 0.2) is 23.1 Å². The van der Waals surface area contributed by atoms with E-state index >= 15 is 0 Å². The Morgan fingerprint density at radius 2 is 2.25 bits per heavy atom. The maximum Gasteiger partial charge on any atom is 0.175 e. The first-order valence-electron chi connectivity index (χ1n) is 4.47. The molecular formula is C10H8N2O2S2. The standard InChI is InChI=1S/C10H8N2O2S2/c1-16(13,14)7-2-3-8-9(6-7)15-10(12-8)4-5-11/h2-3,6H,4H2,1H3. The first-order valence-corrected chi connectivity index (χ1v) is 7.18. The summed E-state index contributed by atoms with van der Waals surface area (Å²) in [6, 6.07) is 6.82. The number of benzene rings is 1. The molecule has 16 heavy (non-hydrogen) atoms. The van der Waals surface area contributed by atoms with E-state index in [0.29, 0.717) is 5.01 Å². The van der Waals surface area contributed by atoms with Gasteiger partial charge in [0.05, 0.1) is 27.6 Å². The van der Waals surface area contributed by atoms with E-state index in [2.05, 4.69) is 4.98 Å².